The summed E-state index contributed by atoms with van der Waals surface area (Å²) in [6.45, 7) is 5.67. The minimum absolute atomic E-state index is 0.116. The monoisotopic (exact) mass is 418 g/mol. The smallest absolute Gasteiger partial charge is 0.308 e. The van der Waals surface area contributed by atoms with Crippen molar-refractivity contribution in [2.45, 2.75) is 65.2 Å². The third kappa shape index (κ3) is 5.24. The van der Waals surface area contributed by atoms with Crippen molar-refractivity contribution in [1.29, 1.82) is 0 Å². The van der Waals surface area contributed by atoms with Gasteiger partial charge in [-0.3, -0.25) is 4.79 Å². The van der Waals surface area contributed by atoms with Gasteiger partial charge in [-0.25, -0.2) is 13.2 Å². The number of rotatable bonds is 6. The number of hydrogen-bond acceptors (Lipinski definition) is 2. The Hall–Kier alpha value is -2.30. The number of carbonyl (C=O) groups is 1. The first kappa shape index (κ1) is 22.4. The van der Waals surface area contributed by atoms with Crippen molar-refractivity contribution in [3.8, 4) is 16.9 Å². The SMILES string of the molecule is CC(=O)Oc1ccc(-c2cc(F)c(C3CCC(CCC(C)C)CC3)c(F)c2F)cc1. The van der Waals surface area contributed by atoms with E-state index in [9.17, 15) is 18.0 Å². The third-order valence-corrected chi connectivity index (χ3v) is 6.03. The molecule has 0 unspecified atom stereocenters. The average molecular weight is 418 g/mol. The zero-order valence-electron chi connectivity index (χ0n) is 17.8. The molecule has 1 fully saturated rings. The number of benzene rings is 2. The Morgan fingerprint density at radius 3 is 2.23 bits per heavy atom. The number of hydrogen-bond donors (Lipinski definition) is 0. The van der Waals surface area contributed by atoms with Crippen LogP contribution in [0.2, 0.25) is 0 Å². The van der Waals surface area contributed by atoms with Crippen molar-refractivity contribution >= 4 is 5.97 Å². The highest BCUT2D eigenvalue weighted by Gasteiger charge is 2.29. The lowest BCUT2D eigenvalue weighted by atomic mass is 9.76. The minimum Gasteiger partial charge on any atom is -0.427 e. The minimum atomic E-state index is -1.08. The Balaban J connectivity index is 1.78. The standard InChI is InChI=1S/C25H29F3O2/c1-15(2)4-5-17-6-8-19(9-7-17)23-22(26)14-21(24(27)25(23)28)18-10-12-20(13-11-18)30-16(3)29/h10-15,17,19H,4-9H2,1-3H3. The molecule has 0 aromatic heterocycles. The van der Waals surface area contributed by atoms with E-state index in [0.717, 1.165) is 31.7 Å². The molecule has 0 amide bonds. The largest absolute Gasteiger partial charge is 0.427 e. The van der Waals surface area contributed by atoms with Crippen molar-refractivity contribution in [2.75, 3.05) is 0 Å². The Labute approximate surface area is 176 Å². The van der Waals surface area contributed by atoms with Crippen molar-refractivity contribution in [3.05, 3.63) is 53.3 Å². The lowest BCUT2D eigenvalue weighted by Gasteiger charge is -2.30. The van der Waals surface area contributed by atoms with E-state index in [0.29, 0.717) is 36.0 Å². The quantitative estimate of drug-likeness (QED) is 0.277. The van der Waals surface area contributed by atoms with Crippen LogP contribution in [0.4, 0.5) is 13.2 Å². The molecular formula is C25H29F3O2. The predicted octanol–water partition coefficient (Wildman–Crippen LogP) is 7.41. The van der Waals surface area contributed by atoms with Gasteiger partial charge >= 0.3 is 5.97 Å². The molecule has 0 saturated heterocycles. The fourth-order valence-corrected chi connectivity index (χ4v) is 4.37. The zero-order chi connectivity index (χ0) is 21.8. The van der Waals surface area contributed by atoms with Gasteiger partial charge in [-0.1, -0.05) is 38.8 Å². The van der Waals surface area contributed by atoms with E-state index in [1.54, 1.807) is 0 Å². The maximum Gasteiger partial charge on any atom is 0.308 e. The van der Waals surface area contributed by atoms with E-state index in [1.165, 1.54) is 31.2 Å². The van der Waals surface area contributed by atoms with E-state index < -0.39 is 23.4 Å². The van der Waals surface area contributed by atoms with Gasteiger partial charge in [-0.2, -0.15) is 0 Å². The van der Waals surface area contributed by atoms with Gasteiger partial charge in [0.15, 0.2) is 11.6 Å². The van der Waals surface area contributed by atoms with Crippen LogP contribution in [-0.2, 0) is 4.79 Å². The van der Waals surface area contributed by atoms with Crippen LogP contribution < -0.4 is 4.74 Å². The van der Waals surface area contributed by atoms with Crippen LogP contribution in [0.5, 0.6) is 5.75 Å². The third-order valence-electron chi connectivity index (χ3n) is 6.03. The summed E-state index contributed by atoms with van der Waals surface area (Å²) in [4.78, 5) is 11.0. The van der Waals surface area contributed by atoms with Gasteiger partial charge < -0.3 is 4.74 Å². The second kappa shape index (κ2) is 9.67. The average Bonchev–Trinajstić information content (AvgIpc) is 2.70. The normalized spacial score (nSPS) is 19.2. The maximum absolute atomic E-state index is 14.9. The summed E-state index contributed by atoms with van der Waals surface area (Å²) in [5.74, 6) is -2.04. The van der Waals surface area contributed by atoms with Gasteiger partial charge in [0, 0.05) is 18.1 Å². The van der Waals surface area contributed by atoms with E-state index in [-0.39, 0.29) is 17.0 Å². The van der Waals surface area contributed by atoms with Crippen molar-refractivity contribution in [2.24, 2.45) is 11.8 Å². The summed E-state index contributed by atoms with van der Waals surface area (Å²) in [5.41, 5.74) is 0.0778. The zero-order valence-corrected chi connectivity index (χ0v) is 17.8. The molecule has 1 saturated carbocycles. The van der Waals surface area contributed by atoms with Crippen LogP contribution in [0.25, 0.3) is 11.1 Å². The molecule has 162 valence electrons. The fourth-order valence-electron chi connectivity index (χ4n) is 4.37. The molecule has 30 heavy (non-hydrogen) atoms. The topological polar surface area (TPSA) is 26.3 Å². The van der Waals surface area contributed by atoms with Crippen LogP contribution in [-0.4, -0.2) is 5.97 Å². The highest BCUT2D eigenvalue weighted by Crippen LogP contribution is 2.41. The summed E-state index contributed by atoms with van der Waals surface area (Å²) in [6, 6.07) is 6.99. The van der Waals surface area contributed by atoms with E-state index in [2.05, 4.69) is 13.8 Å². The summed E-state index contributed by atoms with van der Waals surface area (Å²) >= 11 is 0. The molecule has 0 aliphatic heterocycles. The van der Waals surface area contributed by atoms with Crippen LogP contribution >= 0.6 is 0 Å². The van der Waals surface area contributed by atoms with Gasteiger partial charge in [0.05, 0.1) is 0 Å². The fraction of sp³-hybridized carbons (Fsp3) is 0.480. The van der Waals surface area contributed by atoms with Gasteiger partial charge in [-0.05, 0) is 67.2 Å². The summed E-state index contributed by atoms with van der Waals surface area (Å²) in [7, 11) is 0. The molecule has 1 aliphatic carbocycles. The van der Waals surface area contributed by atoms with Crippen LogP contribution in [0.3, 0.4) is 0 Å². The second-order valence-electron chi connectivity index (χ2n) is 8.75. The van der Waals surface area contributed by atoms with Gasteiger partial charge in [0.2, 0.25) is 0 Å². The first-order chi connectivity index (χ1) is 14.3. The Bertz CT molecular complexity index is 882. The Morgan fingerprint density at radius 2 is 1.67 bits per heavy atom. The maximum atomic E-state index is 14.9. The molecule has 0 heterocycles. The summed E-state index contributed by atoms with van der Waals surface area (Å²) in [6.07, 6.45) is 5.54. The number of halogens is 3. The molecule has 3 rings (SSSR count). The second-order valence-corrected chi connectivity index (χ2v) is 8.75. The van der Waals surface area contributed by atoms with Crippen molar-refractivity contribution < 1.29 is 22.7 Å². The van der Waals surface area contributed by atoms with Crippen LogP contribution in [0.1, 0.15) is 70.8 Å². The summed E-state index contributed by atoms with van der Waals surface area (Å²) < 4.78 is 49.6. The van der Waals surface area contributed by atoms with E-state index in [4.69, 9.17) is 4.74 Å². The van der Waals surface area contributed by atoms with Crippen LogP contribution in [0.15, 0.2) is 30.3 Å². The predicted molar refractivity (Wildman–Crippen MR) is 112 cm³/mol. The molecule has 2 aromatic carbocycles. The number of carbonyl (C=O) groups excluding carboxylic acids is 1. The molecule has 0 bridgehead atoms. The van der Waals surface area contributed by atoms with Crippen molar-refractivity contribution in [1.82, 2.24) is 0 Å². The molecular weight excluding hydrogens is 389 g/mol. The molecule has 2 aromatic rings. The molecule has 0 N–H and O–H groups in total. The molecule has 0 spiro atoms. The highest BCUT2D eigenvalue weighted by atomic mass is 19.2. The molecule has 0 radical (unpaired) electrons. The molecule has 5 heteroatoms. The van der Waals surface area contributed by atoms with E-state index >= 15 is 0 Å². The first-order valence-corrected chi connectivity index (χ1v) is 10.7. The van der Waals surface area contributed by atoms with Crippen LogP contribution in [0, 0.1) is 29.3 Å². The first-order valence-electron chi connectivity index (χ1n) is 10.7. The lowest BCUT2D eigenvalue weighted by Crippen LogP contribution is -2.17. The molecule has 0 atom stereocenters. The number of ether oxygens (including phenoxy) is 1. The molecule has 2 nitrogen and oxygen atoms in total. The van der Waals surface area contributed by atoms with Gasteiger partial charge in [0.25, 0.3) is 0 Å². The van der Waals surface area contributed by atoms with Gasteiger partial charge in [-0.15, -0.1) is 0 Å². The van der Waals surface area contributed by atoms with Gasteiger partial charge in [0.1, 0.15) is 11.6 Å². The van der Waals surface area contributed by atoms with Crippen molar-refractivity contribution in [3.63, 3.8) is 0 Å². The molecule has 1 aliphatic rings. The number of esters is 1. The lowest BCUT2D eigenvalue weighted by molar-refractivity contribution is -0.131. The Kier molecular flexibility index (Phi) is 7.22. The highest BCUT2D eigenvalue weighted by molar-refractivity contribution is 5.70. The summed E-state index contributed by atoms with van der Waals surface area (Å²) in [5, 5.41) is 0. The Morgan fingerprint density at radius 1 is 1.03 bits per heavy atom. The van der Waals surface area contributed by atoms with E-state index in [1.807, 2.05) is 0 Å².